The van der Waals surface area contributed by atoms with Gasteiger partial charge in [-0.25, -0.2) is 0 Å². The second-order valence-corrected chi connectivity index (χ2v) is 6.02. The van der Waals surface area contributed by atoms with E-state index in [0.717, 1.165) is 11.3 Å². The number of non-ortho nitro benzene ring substituents is 1. The molecule has 2 aromatic carbocycles. The summed E-state index contributed by atoms with van der Waals surface area (Å²) < 4.78 is 6.83. The predicted molar refractivity (Wildman–Crippen MR) is 101 cm³/mol. The number of aromatic nitrogens is 2. The van der Waals surface area contributed by atoms with Gasteiger partial charge in [0.1, 0.15) is 11.4 Å². The maximum absolute atomic E-state index is 12.4. The van der Waals surface area contributed by atoms with Gasteiger partial charge in [-0.2, -0.15) is 5.10 Å². The molecule has 0 N–H and O–H groups in total. The molecule has 1 aromatic heterocycles. The Kier molecular flexibility index (Phi) is 5.30. The maximum Gasteiger partial charge on any atom is 0.270 e. The largest absolute Gasteiger partial charge is 0.497 e. The third-order valence-electron chi connectivity index (χ3n) is 4.22. The highest BCUT2D eigenvalue weighted by Gasteiger charge is 2.18. The SMILES string of the molecule is CCC(=O)c1cn(Cc2ccc(OC)cc2)nc1-c1cccc([N+](=O)[O-])c1. The first kappa shape index (κ1) is 18.3. The van der Waals surface area contributed by atoms with Crippen LogP contribution in [-0.4, -0.2) is 27.6 Å². The van der Waals surface area contributed by atoms with Crippen molar-refractivity contribution >= 4 is 11.5 Å². The Labute approximate surface area is 156 Å². The molecule has 0 aliphatic heterocycles. The lowest BCUT2D eigenvalue weighted by molar-refractivity contribution is -0.384. The Morgan fingerprint density at radius 3 is 2.59 bits per heavy atom. The third kappa shape index (κ3) is 4.03. The first-order chi connectivity index (χ1) is 13.0. The fourth-order valence-electron chi connectivity index (χ4n) is 2.79. The van der Waals surface area contributed by atoms with Crippen molar-refractivity contribution in [3.63, 3.8) is 0 Å². The van der Waals surface area contributed by atoms with Gasteiger partial charge >= 0.3 is 0 Å². The Balaban J connectivity index is 1.99. The van der Waals surface area contributed by atoms with E-state index < -0.39 is 4.92 Å². The highest BCUT2D eigenvalue weighted by molar-refractivity contribution is 6.01. The number of methoxy groups -OCH3 is 1. The summed E-state index contributed by atoms with van der Waals surface area (Å²) in [6, 6.07) is 13.7. The van der Waals surface area contributed by atoms with Crippen LogP contribution in [0.3, 0.4) is 0 Å². The lowest BCUT2D eigenvalue weighted by atomic mass is 10.0. The van der Waals surface area contributed by atoms with Crippen LogP contribution in [0.25, 0.3) is 11.3 Å². The lowest BCUT2D eigenvalue weighted by Crippen LogP contribution is -2.00. The lowest BCUT2D eigenvalue weighted by Gasteiger charge is -2.04. The molecule has 0 radical (unpaired) electrons. The highest BCUT2D eigenvalue weighted by Crippen LogP contribution is 2.27. The van der Waals surface area contributed by atoms with E-state index in [0.29, 0.717) is 29.8 Å². The molecule has 0 spiro atoms. The predicted octanol–water partition coefficient (Wildman–Crippen LogP) is 4.11. The van der Waals surface area contributed by atoms with E-state index in [2.05, 4.69) is 5.10 Å². The number of carbonyl (C=O) groups excluding carboxylic acids is 1. The van der Waals surface area contributed by atoms with E-state index in [1.807, 2.05) is 24.3 Å². The zero-order valence-electron chi connectivity index (χ0n) is 15.1. The van der Waals surface area contributed by atoms with Crippen LogP contribution in [0.2, 0.25) is 0 Å². The average Bonchev–Trinajstić information content (AvgIpc) is 3.12. The summed E-state index contributed by atoms with van der Waals surface area (Å²) in [7, 11) is 1.61. The van der Waals surface area contributed by atoms with Crippen molar-refractivity contribution in [2.45, 2.75) is 19.9 Å². The Morgan fingerprint density at radius 1 is 1.22 bits per heavy atom. The molecule has 7 heteroatoms. The Morgan fingerprint density at radius 2 is 1.96 bits per heavy atom. The van der Waals surface area contributed by atoms with Crippen LogP contribution in [0.15, 0.2) is 54.7 Å². The zero-order valence-corrected chi connectivity index (χ0v) is 15.1. The van der Waals surface area contributed by atoms with Gasteiger partial charge in [-0.15, -0.1) is 0 Å². The molecule has 0 saturated carbocycles. The quantitative estimate of drug-likeness (QED) is 0.357. The fourth-order valence-corrected chi connectivity index (χ4v) is 2.79. The number of nitro groups is 1. The van der Waals surface area contributed by atoms with Crippen LogP contribution in [-0.2, 0) is 6.54 Å². The van der Waals surface area contributed by atoms with E-state index in [-0.39, 0.29) is 11.5 Å². The van der Waals surface area contributed by atoms with Crippen molar-refractivity contribution < 1.29 is 14.5 Å². The van der Waals surface area contributed by atoms with Crippen LogP contribution in [0, 0.1) is 10.1 Å². The number of carbonyl (C=O) groups is 1. The molecule has 3 rings (SSSR count). The summed E-state index contributed by atoms with van der Waals surface area (Å²) in [6.45, 7) is 2.25. The molecule has 7 nitrogen and oxygen atoms in total. The van der Waals surface area contributed by atoms with Crippen LogP contribution in [0.4, 0.5) is 5.69 Å². The van der Waals surface area contributed by atoms with E-state index in [9.17, 15) is 14.9 Å². The first-order valence-corrected chi connectivity index (χ1v) is 8.50. The molecule has 0 saturated heterocycles. The van der Waals surface area contributed by atoms with Gasteiger partial charge < -0.3 is 4.74 Å². The number of ketones is 1. The van der Waals surface area contributed by atoms with Gasteiger partial charge in [-0.05, 0) is 17.7 Å². The summed E-state index contributed by atoms with van der Waals surface area (Å²) in [4.78, 5) is 23.0. The Hall–Kier alpha value is -3.48. The second kappa shape index (κ2) is 7.82. The molecule has 27 heavy (non-hydrogen) atoms. The minimum absolute atomic E-state index is 0.0351. The fraction of sp³-hybridized carbons (Fsp3) is 0.200. The summed E-state index contributed by atoms with van der Waals surface area (Å²) in [5.74, 6) is 0.704. The monoisotopic (exact) mass is 365 g/mol. The van der Waals surface area contributed by atoms with Gasteiger partial charge in [0.15, 0.2) is 5.78 Å². The minimum atomic E-state index is -0.459. The molecular formula is C20H19N3O4. The van der Waals surface area contributed by atoms with Gasteiger partial charge in [0.05, 0.1) is 24.1 Å². The molecule has 0 atom stereocenters. The average molecular weight is 365 g/mol. The zero-order chi connectivity index (χ0) is 19.4. The minimum Gasteiger partial charge on any atom is -0.497 e. The van der Waals surface area contributed by atoms with E-state index in [4.69, 9.17) is 4.74 Å². The second-order valence-electron chi connectivity index (χ2n) is 6.02. The van der Waals surface area contributed by atoms with Gasteiger partial charge in [0.2, 0.25) is 0 Å². The van der Waals surface area contributed by atoms with Crippen LogP contribution in [0.5, 0.6) is 5.75 Å². The normalized spacial score (nSPS) is 10.6. The molecule has 138 valence electrons. The maximum atomic E-state index is 12.4. The van der Waals surface area contributed by atoms with Gasteiger partial charge in [0.25, 0.3) is 5.69 Å². The number of nitrogens with zero attached hydrogens (tertiary/aromatic N) is 3. The molecule has 0 amide bonds. The summed E-state index contributed by atoms with van der Waals surface area (Å²) in [5, 5.41) is 15.6. The number of Topliss-reactive ketones (excluding diaryl/α,β-unsaturated/α-hetero) is 1. The number of hydrogen-bond acceptors (Lipinski definition) is 5. The molecule has 0 aliphatic carbocycles. The van der Waals surface area contributed by atoms with Crippen molar-refractivity contribution in [1.82, 2.24) is 9.78 Å². The summed E-state index contributed by atoms with van der Waals surface area (Å²) in [5.41, 5.74) is 2.44. The molecule has 3 aromatic rings. The standard InChI is InChI=1S/C20H19N3O4/c1-3-19(24)18-13-22(12-14-7-9-17(27-2)10-8-14)21-20(18)15-5-4-6-16(11-15)23(25)26/h4-11,13H,3,12H2,1-2H3. The third-order valence-corrected chi connectivity index (χ3v) is 4.22. The highest BCUT2D eigenvalue weighted by atomic mass is 16.6. The van der Waals surface area contributed by atoms with Crippen LogP contribution in [0.1, 0.15) is 29.3 Å². The topological polar surface area (TPSA) is 87.3 Å². The van der Waals surface area contributed by atoms with Crippen molar-refractivity contribution in [2.24, 2.45) is 0 Å². The van der Waals surface area contributed by atoms with Gasteiger partial charge in [-0.1, -0.05) is 31.2 Å². The van der Waals surface area contributed by atoms with Crippen molar-refractivity contribution in [3.05, 3.63) is 76.0 Å². The van der Waals surface area contributed by atoms with Crippen molar-refractivity contribution in [3.8, 4) is 17.0 Å². The molecule has 0 fully saturated rings. The van der Waals surface area contributed by atoms with Crippen LogP contribution >= 0.6 is 0 Å². The van der Waals surface area contributed by atoms with Gasteiger partial charge in [-0.3, -0.25) is 19.6 Å². The number of hydrogen-bond donors (Lipinski definition) is 0. The van der Waals surface area contributed by atoms with E-state index in [1.54, 1.807) is 37.0 Å². The first-order valence-electron chi connectivity index (χ1n) is 8.50. The smallest absolute Gasteiger partial charge is 0.270 e. The number of rotatable bonds is 7. The number of benzene rings is 2. The molecule has 0 aliphatic rings. The molecular weight excluding hydrogens is 346 g/mol. The van der Waals surface area contributed by atoms with Gasteiger partial charge in [0, 0.05) is 30.3 Å². The Bertz CT molecular complexity index is 977. The van der Waals surface area contributed by atoms with Crippen molar-refractivity contribution in [1.29, 1.82) is 0 Å². The van der Waals surface area contributed by atoms with E-state index >= 15 is 0 Å². The van der Waals surface area contributed by atoms with Crippen molar-refractivity contribution in [2.75, 3.05) is 7.11 Å². The number of nitro benzene ring substituents is 1. The van der Waals surface area contributed by atoms with E-state index in [1.165, 1.54) is 12.1 Å². The molecule has 1 heterocycles. The number of ether oxygens (including phenoxy) is 1. The molecule has 0 bridgehead atoms. The molecule has 0 unspecified atom stereocenters. The summed E-state index contributed by atoms with van der Waals surface area (Å²) >= 11 is 0. The van der Waals surface area contributed by atoms with Crippen LogP contribution < -0.4 is 4.74 Å². The summed E-state index contributed by atoms with van der Waals surface area (Å²) in [6.07, 6.45) is 2.03.